The van der Waals surface area contributed by atoms with Crippen LogP contribution in [0.25, 0.3) is 10.9 Å². The second-order valence-electron chi connectivity index (χ2n) is 5.58. The van der Waals surface area contributed by atoms with Gasteiger partial charge in [-0.1, -0.05) is 18.2 Å². The van der Waals surface area contributed by atoms with E-state index in [9.17, 15) is 9.59 Å². The molecule has 6 nitrogen and oxygen atoms in total. The molecule has 3 aromatic rings. The highest BCUT2D eigenvalue weighted by molar-refractivity contribution is 5.97. The van der Waals surface area contributed by atoms with E-state index in [-0.39, 0.29) is 18.4 Å². The van der Waals surface area contributed by atoms with Crippen LogP contribution >= 0.6 is 0 Å². The number of carbonyl (C=O) groups excluding carboxylic acids is 2. The molecule has 0 saturated carbocycles. The molecule has 1 amide bonds. The van der Waals surface area contributed by atoms with Gasteiger partial charge in [-0.2, -0.15) is 0 Å². The molecule has 0 fully saturated rings. The summed E-state index contributed by atoms with van der Waals surface area (Å²) in [6.07, 6.45) is 1.72. The topological polar surface area (TPSA) is 80.3 Å². The highest BCUT2D eigenvalue weighted by Gasteiger charge is 2.08. The molecule has 0 aliphatic carbocycles. The van der Waals surface area contributed by atoms with Crippen LogP contribution in [0.5, 0.6) is 0 Å². The van der Waals surface area contributed by atoms with Gasteiger partial charge in [0.25, 0.3) is 0 Å². The number of hydrogen-bond acceptors (Lipinski definition) is 5. The van der Waals surface area contributed by atoms with Gasteiger partial charge in [0.1, 0.15) is 0 Å². The Morgan fingerprint density at radius 2 is 1.81 bits per heavy atom. The highest BCUT2D eigenvalue weighted by Crippen LogP contribution is 2.20. The summed E-state index contributed by atoms with van der Waals surface area (Å²) in [7, 11) is 0. The zero-order valence-corrected chi connectivity index (χ0v) is 14.4. The molecule has 1 heterocycles. The van der Waals surface area contributed by atoms with Gasteiger partial charge in [0.15, 0.2) is 0 Å². The fraction of sp³-hybridized carbons (Fsp3) is 0.150. The number of nitrogens with zero attached hydrogens (tertiary/aromatic N) is 1. The largest absolute Gasteiger partial charge is 0.462 e. The Balaban J connectivity index is 1.59. The minimum atomic E-state index is -0.379. The standard InChI is InChI=1S/C20H19N3O3/c1-2-26-20(25)15-8-10-16(11-9-15)23-18(24)13-22-17-7-3-5-14-6-4-12-21-19(14)17/h3-12,22H,2,13H2,1H3,(H,23,24). The molecule has 0 aliphatic rings. The van der Waals surface area contributed by atoms with Gasteiger partial charge in [-0.25, -0.2) is 4.79 Å². The Morgan fingerprint density at radius 3 is 2.58 bits per heavy atom. The summed E-state index contributed by atoms with van der Waals surface area (Å²) in [6, 6.07) is 16.2. The molecule has 0 atom stereocenters. The first-order valence-electron chi connectivity index (χ1n) is 8.32. The number of esters is 1. The number of pyridine rings is 1. The molecule has 1 aromatic heterocycles. The molecule has 132 valence electrons. The summed E-state index contributed by atoms with van der Waals surface area (Å²) in [4.78, 5) is 28.1. The Hall–Kier alpha value is -3.41. The van der Waals surface area contributed by atoms with E-state index in [4.69, 9.17) is 4.74 Å². The minimum absolute atomic E-state index is 0.106. The number of carbonyl (C=O) groups is 2. The van der Waals surface area contributed by atoms with Gasteiger partial charge in [0.2, 0.25) is 5.91 Å². The zero-order chi connectivity index (χ0) is 18.4. The number of benzene rings is 2. The van der Waals surface area contributed by atoms with Crippen LogP contribution in [0.2, 0.25) is 0 Å². The average molecular weight is 349 g/mol. The van der Waals surface area contributed by atoms with Gasteiger partial charge in [-0.3, -0.25) is 9.78 Å². The number of fused-ring (bicyclic) bond motifs is 1. The van der Waals surface area contributed by atoms with Crippen LogP contribution in [0.3, 0.4) is 0 Å². The van der Waals surface area contributed by atoms with E-state index in [2.05, 4.69) is 15.6 Å². The molecule has 0 radical (unpaired) electrons. The summed E-state index contributed by atoms with van der Waals surface area (Å²) in [5.41, 5.74) is 2.68. The van der Waals surface area contributed by atoms with Crippen molar-refractivity contribution in [2.75, 3.05) is 23.8 Å². The van der Waals surface area contributed by atoms with Gasteiger partial charge < -0.3 is 15.4 Å². The summed E-state index contributed by atoms with van der Waals surface area (Å²) in [5, 5.41) is 6.90. The van der Waals surface area contributed by atoms with Gasteiger partial charge in [-0.05, 0) is 43.3 Å². The Labute approximate surface area is 151 Å². The Morgan fingerprint density at radius 1 is 1.04 bits per heavy atom. The third-order valence-corrected chi connectivity index (χ3v) is 3.75. The lowest BCUT2D eigenvalue weighted by Crippen LogP contribution is -2.22. The fourth-order valence-corrected chi connectivity index (χ4v) is 2.53. The summed E-state index contributed by atoms with van der Waals surface area (Å²) >= 11 is 0. The maximum absolute atomic E-state index is 12.2. The summed E-state index contributed by atoms with van der Waals surface area (Å²) in [5.74, 6) is -0.572. The van der Waals surface area contributed by atoms with E-state index in [1.165, 1.54) is 0 Å². The molecule has 2 N–H and O–H groups in total. The maximum atomic E-state index is 12.2. The summed E-state index contributed by atoms with van der Waals surface area (Å²) in [6.45, 7) is 2.19. The van der Waals surface area contributed by atoms with Crippen molar-refractivity contribution in [2.24, 2.45) is 0 Å². The van der Waals surface area contributed by atoms with Crippen LogP contribution in [0, 0.1) is 0 Å². The van der Waals surface area contributed by atoms with Gasteiger partial charge in [-0.15, -0.1) is 0 Å². The molecule has 0 bridgehead atoms. The molecule has 0 aliphatic heterocycles. The fourth-order valence-electron chi connectivity index (χ4n) is 2.53. The maximum Gasteiger partial charge on any atom is 0.338 e. The van der Waals surface area contributed by atoms with Crippen molar-refractivity contribution in [3.05, 3.63) is 66.4 Å². The Kier molecular flexibility index (Phi) is 5.43. The van der Waals surface area contributed by atoms with Crippen LogP contribution in [0.1, 0.15) is 17.3 Å². The Bertz CT molecular complexity index is 918. The molecule has 0 saturated heterocycles. The van der Waals surface area contributed by atoms with Crippen LogP contribution in [0.15, 0.2) is 60.8 Å². The van der Waals surface area contributed by atoms with Crippen molar-refractivity contribution in [3.63, 3.8) is 0 Å². The third-order valence-electron chi connectivity index (χ3n) is 3.75. The highest BCUT2D eigenvalue weighted by atomic mass is 16.5. The average Bonchev–Trinajstić information content (AvgIpc) is 2.67. The number of para-hydroxylation sites is 1. The van der Waals surface area contributed by atoms with Gasteiger partial charge >= 0.3 is 5.97 Å². The van der Waals surface area contributed by atoms with Gasteiger partial charge in [0, 0.05) is 17.3 Å². The number of aromatic nitrogens is 1. The number of nitrogens with one attached hydrogen (secondary N) is 2. The number of hydrogen-bond donors (Lipinski definition) is 2. The van der Waals surface area contributed by atoms with E-state index in [1.807, 2.05) is 30.3 Å². The monoisotopic (exact) mass is 349 g/mol. The molecular formula is C20H19N3O3. The summed E-state index contributed by atoms with van der Waals surface area (Å²) < 4.78 is 4.93. The molecule has 0 spiro atoms. The third kappa shape index (κ3) is 4.16. The van der Waals surface area contributed by atoms with Crippen LogP contribution in [-0.2, 0) is 9.53 Å². The zero-order valence-electron chi connectivity index (χ0n) is 14.4. The predicted molar refractivity (Wildman–Crippen MR) is 101 cm³/mol. The second kappa shape index (κ2) is 8.11. The van der Waals surface area contributed by atoms with E-state index in [0.717, 1.165) is 16.6 Å². The first-order valence-corrected chi connectivity index (χ1v) is 8.32. The van der Waals surface area contributed by atoms with Crippen molar-refractivity contribution in [1.29, 1.82) is 0 Å². The number of ether oxygens (including phenoxy) is 1. The van der Waals surface area contributed by atoms with Crippen molar-refractivity contribution in [3.8, 4) is 0 Å². The van der Waals surface area contributed by atoms with E-state index in [1.54, 1.807) is 37.4 Å². The smallest absolute Gasteiger partial charge is 0.338 e. The minimum Gasteiger partial charge on any atom is -0.462 e. The van der Waals surface area contributed by atoms with Crippen LogP contribution < -0.4 is 10.6 Å². The van der Waals surface area contributed by atoms with Crippen LogP contribution in [-0.4, -0.2) is 30.0 Å². The molecule has 3 rings (SSSR count). The van der Waals surface area contributed by atoms with Gasteiger partial charge in [0.05, 0.1) is 29.9 Å². The van der Waals surface area contributed by atoms with Crippen molar-refractivity contribution in [1.82, 2.24) is 4.98 Å². The normalized spacial score (nSPS) is 10.3. The number of amides is 1. The first kappa shape index (κ1) is 17.4. The lowest BCUT2D eigenvalue weighted by atomic mass is 10.2. The predicted octanol–water partition coefficient (Wildman–Crippen LogP) is 3.46. The van der Waals surface area contributed by atoms with E-state index >= 15 is 0 Å². The molecule has 2 aromatic carbocycles. The molecule has 6 heteroatoms. The lowest BCUT2D eigenvalue weighted by Gasteiger charge is -2.10. The van der Waals surface area contributed by atoms with E-state index < -0.39 is 0 Å². The van der Waals surface area contributed by atoms with E-state index in [0.29, 0.717) is 17.9 Å². The number of rotatable bonds is 6. The van der Waals surface area contributed by atoms with Crippen LogP contribution in [0.4, 0.5) is 11.4 Å². The van der Waals surface area contributed by atoms with Crippen molar-refractivity contribution < 1.29 is 14.3 Å². The molecule has 26 heavy (non-hydrogen) atoms. The van der Waals surface area contributed by atoms with Crippen molar-refractivity contribution >= 4 is 34.2 Å². The van der Waals surface area contributed by atoms with Crippen molar-refractivity contribution in [2.45, 2.75) is 6.92 Å². The quantitative estimate of drug-likeness (QED) is 0.666. The SMILES string of the molecule is CCOC(=O)c1ccc(NC(=O)CNc2cccc3cccnc23)cc1. The second-order valence-corrected chi connectivity index (χ2v) is 5.58. The molecule has 0 unspecified atom stereocenters. The number of anilines is 2. The molecular weight excluding hydrogens is 330 g/mol. The lowest BCUT2D eigenvalue weighted by molar-refractivity contribution is -0.114. The first-order chi connectivity index (χ1) is 12.7.